The summed E-state index contributed by atoms with van der Waals surface area (Å²) >= 11 is 1.73. The molecule has 0 fully saturated rings. The van der Waals surface area contributed by atoms with Crippen LogP contribution in [-0.4, -0.2) is 16.0 Å². The average molecular weight is 322 g/mol. The Kier molecular flexibility index (Phi) is 4.63. The maximum Gasteiger partial charge on any atom is 0.274 e. The summed E-state index contributed by atoms with van der Waals surface area (Å²) in [5, 5.41) is 6.19. The number of fused-ring (bicyclic) bond motifs is 1. The highest BCUT2D eigenvalue weighted by Crippen LogP contribution is 2.19. The lowest BCUT2D eigenvalue weighted by molar-refractivity contribution is 0.645. The maximum atomic E-state index is 12.5. The Morgan fingerprint density at radius 2 is 1.83 bits per heavy atom. The quantitative estimate of drug-likeness (QED) is 0.528. The Balaban J connectivity index is 2.09. The van der Waals surface area contributed by atoms with E-state index in [4.69, 9.17) is 0 Å². The van der Waals surface area contributed by atoms with Crippen LogP contribution in [-0.2, 0) is 13.0 Å². The van der Waals surface area contributed by atoms with Crippen LogP contribution in [0.15, 0.2) is 70.9 Å². The number of rotatable bonds is 5. The molecule has 1 heterocycles. The Hall–Kier alpha value is -2.33. The summed E-state index contributed by atoms with van der Waals surface area (Å²) in [6.07, 6.45) is 4.46. The molecule has 0 aliphatic carbocycles. The fourth-order valence-electron chi connectivity index (χ4n) is 2.62. The van der Waals surface area contributed by atoms with Crippen LogP contribution in [0.5, 0.6) is 0 Å². The van der Waals surface area contributed by atoms with Gasteiger partial charge in [0, 0.05) is 16.7 Å². The fraction of sp³-hybridized carbons (Fsp3) is 0.158. The Morgan fingerprint density at radius 3 is 2.48 bits per heavy atom. The number of benzene rings is 2. The van der Waals surface area contributed by atoms with E-state index in [0.717, 1.165) is 11.1 Å². The molecule has 0 bridgehead atoms. The van der Waals surface area contributed by atoms with Crippen molar-refractivity contribution in [2.75, 3.05) is 6.26 Å². The third-order valence-corrected chi connectivity index (χ3v) is 4.52. The van der Waals surface area contributed by atoms with Crippen LogP contribution in [0.25, 0.3) is 10.8 Å². The van der Waals surface area contributed by atoms with Crippen molar-refractivity contribution in [3.8, 4) is 0 Å². The molecule has 116 valence electrons. The highest BCUT2D eigenvalue weighted by Gasteiger charge is 2.10. The normalized spacial score (nSPS) is 10.8. The van der Waals surface area contributed by atoms with Crippen LogP contribution in [0.3, 0.4) is 0 Å². The predicted molar refractivity (Wildman–Crippen MR) is 97.2 cm³/mol. The van der Waals surface area contributed by atoms with Crippen LogP contribution in [0.2, 0.25) is 0 Å². The number of aromatic nitrogens is 2. The monoisotopic (exact) mass is 322 g/mol. The highest BCUT2D eigenvalue weighted by atomic mass is 32.2. The lowest BCUT2D eigenvalue weighted by Crippen LogP contribution is -2.24. The number of hydrogen-bond acceptors (Lipinski definition) is 3. The molecule has 2 aromatic carbocycles. The molecule has 0 spiro atoms. The van der Waals surface area contributed by atoms with Gasteiger partial charge in [-0.1, -0.05) is 36.4 Å². The van der Waals surface area contributed by atoms with Crippen molar-refractivity contribution in [2.24, 2.45) is 0 Å². The van der Waals surface area contributed by atoms with Crippen LogP contribution >= 0.6 is 11.8 Å². The molecule has 0 saturated carbocycles. The number of thioether (sulfide) groups is 1. The first-order valence-corrected chi connectivity index (χ1v) is 8.68. The van der Waals surface area contributed by atoms with Gasteiger partial charge in [0.1, 0.15) is 0 Å². The molecule has 4 heteroatoms. The van der Waals surface area contributed by atoms with Crippen molar-refractivity contribution < 1.29 is 0 Å². The van der Waals surface area contributed by atoms with Crippen molar-refractivity contribution >= 4 is 22.5 Å². The lowest BCUT2D eigenvalue weighted by Gasteiger charge is -2.10. The highest BCUT2D eigenvalue weighted by molar-refractivity contribution is 7.98. The molecule has 0 atom stereocenters. The van der Waals surface area contributed by atoms with E-state index in [1.54, 1.807) is 17.8 Å². The molecule has 3 aromatic rings. The fourth-order valence-corrected chi connectivity index (χ4v) is 3.03. The van der Waals surface area contributed by atoms with E-state index in [-0.39, 0.29) is 5.56 Å². The summed E-state index contributed by atoms with van der Waals surface area (Å²) in [6, 6.07) is 16.1. The zero-order valence-corrected chi connectivity index (χ0v) is 13.8. The molecule has 0 N–H and O–H groups in total. The molecular formula is C19H18N2OS. The van der Waals surface area contributed by atoms with Crippen LogP contribution in [0.4, 0.5) is 0 Å². The zero-order valence-electron chi connectivity index (χ0n) is 13.0. The van der Waals surface area contributed by atoms with E-state index in [0.29, 0.717) is 18.4 Å². The number of hydrogen-bond donors (Lipinski definition) is 0. The van der Waals surface area contributed by atoms with Gasteiger partial charge >= 0.3 is 0 Å². The molecule has 1 aromatic heterocycles. The molecule has 0 amide bonds. The molecular weight excluding hydrogens is 304 g/mol. The van der Waals surface area contributed by atoms with Crippen molar-refractivity contribution in [2.45, 2.75) is 17.9 Å². The van der Waals surface area contributed by atoms with E-state index in [9.17, 15) is 4.79 Å². The van der Waals surface area contributed by atoms with E-state index in [2.05, 4.69) is 42.2 Å². The van der Waals surface area contributed by atoms with Crippen molar-refractivity contribution in [3.63, 3.8) is 0 Å². The van der Waals surface area contributed by atoms with Crippen molar-refractivity contribution in [1.82, 2.24) is 9.78 Å². The summed E-state index contributed by atoms with van der Waals surface area (Å²) in [7, 11) is 0. The summed E-state index contributed by atoms with van der Waals surface area (Å²) in [5.74, 6) is 0. The molecule has 3 nitrogen and oxygen atoms in total. The SMILES string of the molecule is C=CCn1nc(Cc2ccc(SC)cc2)c2ccccc2c1=O. The van der Waals surface area contributed by atoms with Gasteiger partial charge in [0.2, 0.25) is 0 Å². The topological polar surface area (TPSA) is 34.9 Å². The van der Waals surface area contributed by atoms with Gasteiger partial charge in [-0.15, -0.1) is 18.3 Å². The Morgan fingerprint density at radius 1 is 1.13 bits per heavy atom. The van der Waals surface area contributed by atoms with Gasteiger partial charge in [-0.2, -0.15) is 5.10 Å². The minimum atomic E-state index is -0.0676. The molecule has 0 saturated heterocycles. The van der Waals surface area contributed by atoms with E-state index in [1.807, 2.05) is 24.3 Å². The third-order valence-electron chi connectivity index (χ3n) is 3.78. The predicted octanol–water partition coefficient (Wildman–Crippen LogP) is 3.90. The van der Waals surface area contributed by atoms with Gasteiger partial charge in [-0.25, -0.2) is 4.68 Å². The first kappa shape index (κ1) is 15.6. The summed E-state index contributed by atoms with van der Waals surface area (Å²) in [5.41, 5.74) is 2.03. The van der Waals surface area contributed by atoms with Crippen LogP contribution < -0.4 is 5.56 Å². The van der Waals surface area contributed by atoms with Gasteiger partial charge in [-0.3, -0.25) is 4.79 Å². The summed E-state index contributed by atoms with van der Waals surface area (Å²) in [4.78, 5) is 13.7. The smallest absolute Gasteiger partial charge is 0.267 e. The summed E-state index contributed by atoms with van der Waals surface area (Å²) < 4.78 is 1.49. The number of nitrogens with zero attached hydrogens (tertiary/aromatic N) is 2. The molecule has 0 radical (unpaired) electrons. The van der Waals surface area contributed by atoms with Crippen molar-refractivity contribution in [3.05, 3.63) is 82.8 Å². The molecule has 0 aliphatic rings. The third kappa shape index (κ3) is 3.22. The standard InChI is InChI=1S/C19H18N2OS/c1-3-12-21-19(22)17-7-5-4-6-16(17)18(20-21)13-14-8-10-15(23-2)11-9-14/h3-11H,1,12-13H2,2H3. The van der Waals surface area contributed by atoms with Gasteiger partial charge < -0.3 is 0 Å². The first-order chi connectivity index (χ1) is 11.2. The van der Waals surface area contributed by atoms with E-state index >= 15 is 0 Å². The molecule has 23 heavy (non-hydrogen) atoms. The van der Waals surface area contributed by atoms with E-state index in [1.165, 1.54) is 15.1 Å². The van der Waals surface area contributed by atoms with Gasteiger partial charge in [-0.05, 0) is 30.0 Å². The minimum absolute atomic E-state index is 0.0676. The van der Waals surface area contributed by atoms with Crippen molar-refractivity contribution in [1.29, 1.82) is 0 Å². The van der Waals surface area contributed by atoms with Crippen LogP contribution in [0.1, 0.15) is 11.3 Å². The van der Waals surface area contributed by atoms with Gasteiger partial charge in [0.25, 0.3) is 5.56 Å². The maximum absolute atomic E-state index is 12.5. The van der Waals surface area contributed by atoms with Gasteiger partial charge in [0.05, 0.1) is 17.6 Å². The van der Waals surface area contributed by atoms with Crippen LogP contribution in [0, 0.1) is 0 Å². The second kappa shape index (κ2) is 6.84. The molecule has 0 aliphatic heterocycles. The first-order valence-electron chi connectivity index (χ1n) is 7.45. The lowest BCUT2D eigenvalue weighted by atomic mass is 10.0. The second-order valence-electron chi connectivity index (χ2n) is 5.29. The largest absolute Gasteiger partial charge is 0.274 e. The minimum Gasteiger partial charge on any atom is -0.267 e. The number of allylic oxidation sites excluding steroid dienone is 1. The Bertz CT molecular complexity index is 897. The molecule has 0 unspecified atom stereocenters. The average Bonchev–Trinajstić information content (AvgIpc) is 2.60. The summed E-state index contributed by atoms with van der Waals surface area (Å²) in [6.45, 7) is 4.13. The molecule has 3 rings (SSSR count). The zero-order chi connectivity index (χ0) is 16.2. The Labute approximate surface area is 139 Å². The second-order valence-corrected chi connectivity index (χ2v) is 6.17. The van der Waals surface area contributed by atoms with Gasteiger partial charge in [0.15, 0.2) is 0 Å². The van der Waals surface area contributed by atoms with E-state index < -0.39 is 0 Å².